The van der Waals surface area contributed by atoms with Gasteiger partial charge in [-0.3, -0.25) is 0 Å². The van der Waals surface area contributed by atoms with E-state index in [0.29, 0.717) is 12.3 Å². The predicted molar refractivity (Wildman–Crippen MR) is 55.7 cm³/mol. The molecule has 0 bridgehead atoms. The number of fused-ring (bicyclic) bond motifs is 1. The average molecular weight is 239 g/mol. The van der Waals surface area contributed by atoms with Crippen LogP contribution in [0.4, 0.5) is 0 Å². The molecule has 0 fully saturated rings. The molecule has 68 valence electrons. The maximum atomic E-state index is 10.4. The Kier molecular flexibility index (Phi) is 2.49. The first-order chi connectivity index (χ1) is 6.31. The van der Waals surface area contributed by atoms with Gasteiger partial charge >= 0.3 is 0 Å². The van der Waals surface area contributed by atoms with Crippen LogP contribution in [0.5, 0.6) is 0 Å². The summed E-state index contributed by atoms with van der Waals surface area (Å²) in [5.41, 5.74) is 2.80. The second-order valence-corrected chi connectivity index (χ2v) is 4.41. The number of benzene rings is 1. The second kappa shape index (κ2) is 3.62. The van der Waals surface area contributed by atoms with Gasteiger partial charge in [-0.05, 0) is 36.0 Å². The number of carbonyl (C=O) groups is 1. The molecule has 1 aliphatic carbocycles. The van der Waals surface area contributed by atoms with E-state index in [2.05, 4.69) is 34.1 Å². The minimum atomic E-state index is 0.534. The number of rotatable bonds is 2. The van der Waals surface area contributed by atoms with E-state index < -0.39 is 0 Å². The molecule has 1 aromatic carbocycles. The van der Waals surface area contributed by atoms with Crippen molar-refractivity contribution in [3.63, 3.8) is 0 Å². The number of halogens is 1. The molecule has 1 aromatic rings. The van der Waals surface area contributed by atoms with Gasteiger partial charge in [0.2, 0.25) is 0 Å². The number of hydrogen-bond acceptors (Lipinski definition) is 1. The van der Waals surface area contributed by atoms with Crippen molar-refractivity contribution in [2.24, 2.45) is 5.92 Å². The lowest BCUT2D eigenvalue weighted by atomic mass is 10.0. The molecule has 1 atom stereocenters. The van der Waals surface area contributed by atoms with Gasteiger partial charge < -0.3 is 4.79 Å². The topological polar surface area (TPSA) is 17.1 Å². The van der Waals surface area contributed by atoms with Gasteiger partial charge in [0.25, 0.3) is 0 Å². The number of aldehydes is 1. The van der Waals surface area contributed by atoms with Gasteiger partial charge in [0.1, 0.15) is 6.29 Å². The Labute approximate surface area is 86.3 Å². The van der Waals surface area contributed by atoms with E-state index in [4.69, 9.17) is 0 Å². The van der Waals surface area contributed by atoms with Gasteiger partial charge in [-0.15, -0.1) is 0 Å². The standard InChI is InChI=1S/C11H11BrO/c12-11-3-1-2-9-6-8(4-5-13)7-10(9)11/h1-3,5,8H,4,6-7H2. The monoisotopic (exact) mass is 238 g/mol. The first-order valence-electron chi connectivity index (χ1n) is 4.51. The lowest BCUT2D eigenvalue weighted by Gasteiger charge is -2.01. The Morgan fingerprint density at radius 2 is 2.31 bits per heavy atom. The van der Waals surface area contributed by atoms with E-state index in [-0.39, 0.29) is 0 Å². The van der Waals surface area contributed by atoms with Crippen LogP contribution in [0, 0.1) is 5.92 Å². The molecule has 1 unspecified atom stereocenters. The fourth-order valence-electron chi connectivity index (χ4n) is 2.00. The largest absolute Gasteiger partial charge is 0.303 e. The lowest BCUT2D eigenvalue weighted by Crippen LogP contribution is -1.99. The molecule has 0 spiro atoms. The molecule has 0 amide bonds. The molecular formula is C11H11BrO. The summed E-state index contributed by atoms with van der Waals surface area (Å²) in [5, 5.41) is 0. The van der Waals surface area contributed by atoms with Gasteiger partial charge in [0.15, 0.2) is 0 Å². The molecule has 1 aliphatic rings. The summed E-state index contributed by atoms with van der Waals surface area (Å²) in [6, 6.07) is 6.29. The molecule has 0 aliphatic heterocycles. The molecule has 0 N–H and O–H groups in total. The van der Waals surface area contributed by atoms with Crippen LogP contribution < -0.4 is 0 Å². The molecule has 0 saturated carbocycles. The van der Waals surface area contributed by atoms with Crippen molar-refractivity contribution in [3.8, 4) is 0 Å². The fraction of sp³-hybridized carbons (Fsp3) is 0.364. The summed E-state index contributed by atoms with van der Waals surface area (Å²) < 4.78 is 1.19. The highest BCUT2D eigenvalue weighted by Crippen LogP contribution is 2.33. The summed E-state index contributed by atoms with van der Waals surface area (Å²) in [6.07, 6.45) is 3.84. The van der Waals surface area contributed by atoms with Gasteiger partial charge in [0.05, 0.1) is 0 Å². The third-order valence-electron chi connectivity index (χ3n) is 2.65. The minimum Gasteiger partial charge on any atom is -0.303 e. The SMILES string of the molecule is O=CCC1Cc2cccc(Br)c2C1. The molecule has 0 radical (unpaired) electrons. The number of hydrogen-bond donors (Lipinski definition) is 0. The quantitative estimate of drug-likeness (QED) is 0.725. The minimum absolute atomic E-state index is 0.534. The molecule has 2 rings (SSSR count). The highest BCUT2D eigenvalue weighted by Gasteiger charge is 2.22. The van der Waals surface area contributed by atoms with E-state index in [1.54, 1.807) is 0 Å². The van der Waals surface area contributed by atoms with Crippen molar-refractivity contribution in [3.05, 3.63) is 33.8 Å². The van der Waals surface area contributed by atoms with Gasteiger partial charge in [-0.1, -0.05) is 28.1 Å². The summed E-state index contributed by atoms with van der Waals surface area (Å²) >= 11 is 3.54. The highest BCUT2D eigenvalue weighted by atomic mass is 79.9. The summed E-state index contributed by atoms with van der Waals surface area (Å²) in [5.74, 6) is 0.534. The van der Waals surface area contributed by atoms with Crippen molar-refractivity contribution in [2.45, 2.75) is 19.3 Å². The zero-order valence-electron chi connectivity index (χ0n) is 7.29. The van der Waals surface area contributed by atoms with Crippen LogP contribution in [0.2, 0.25) is 0 Å². The van der Waals surface area contributed by atoms with E-state index in [9.17, 15) is 4.79 Å². The summed E-state index contributed by atoms with van der Waals surface area (Å²) in [6.45, 7) is 0. The maximum Gasteiger partial charge on any atom is 0.120 e. The Morgan fingerprint density at radius 1 is 1.46 bits per heavy atom. The van der Waals surface area contributed by atoms with E-state index >= 15 is 0 Å². The molecule has 2 heteroatoms. The molecule has 1 nitrogen and oxygen atoms in total. The summed E-state index contributed by atoms with van der Waals surface area (Å²) in [4.78, 5) is 10.4. The fourth-order valence-corrected chi connectivity index (χ4v) is 2.57. The smallest absolute Gasteiger partial charge is 0.120 e. The van der Waals surface area contributed by atoms with E-state index in [1.807, 2.05) is 0 Å². The van der Waals surface area contributed by atoms with Crippen LogP contribution in [0.3, 0.4) is 0 Å². The van der Waals surface area contributed by atoms with Crippen molar-refractivity contribution in [2.75, 3.05) is 0 Å². The average Bonchev–Trinajstić information content (AvgIpc) is 2.49. The molecule has 13 heavy (non-hydrogen) atoms. The van der Waals surface area contributed by atoms with Crippen molar-refractivity contribution in [1.29, 1.82) is 0 Å². The highest BCUT2D eigenvalue weighted by molar-refractivity contribution is 9.10. The molecule has 0 aromatic heterocycles. The third-order valence-corrected chi connectivity index (χ3v) is 3.39. The van der Waals surface area contributed by atoms with Gasteiger partial charge in [0, 0.05) is 10.9 Å². The maximum absolute atomic E-state index is 10.4. The van der Waals surface area contributed by atoms with Crippen LogP contribution in [0.15, 0.2) is 22.7 Å². The Morgan fingerprint density at radius 3 is 3.00 bits per heavy atom. The molecule has 0 heterocycles. The number of carbonyl (C=O) groups excluding carboxylic acids is 1. The van der Waals surface area contributed by atoms with Crippen LogP contribution in [0.1, 0.15) is 17.5 Å². The van der Waals surface area contributed by atoms with Crippen LogP contribution >= 0.6 is 15.9 Å². The third kappa shape index (κ3) is 1.68. The van der Waals surface area contributed by atoms with Crippen molar-refractivity contribution < 1.29 is 4.79 Å². The zero-order valence-corrected chi connectivity index (χ0v) is 8.88. The van der Waals surface area contributed by atoms with E-state index in [1.165, 1.54) is 15.6 Å². The Bertz CT molecular complexity index is 333. The Balaban J connectivity index is 2.24. The molecule has 0 saturated heterocycles. The predicted octanol–water partition coefficient (Wildman–Crippen LogP) is 2.75. The summed E-state index contributed by atoms with van der Waals surface area (Å²) in [7, 11) is 0. The van der Waals surface area contributed by atoms with Crippen molar-refractivity contribution in [1.82, 2.24) is 0 Å². The Hall–Kier alpha value is -0.630. The van der Waals surface area contributed by atoms with Crippen molar-refractivity contribution >= 4 is 22.2 Å². The van der Waals surface area contributed by atoms with Gasteiger partial charge in [-0.2, -0.15) is 0 Å². The zero-order chi connectivity index (χ0) is 9.26. The normalized spacial score (nSPS) is 19.9. The van der Waals surface area contributed by atoms with Crippen LogP contribution in [-0.2, 0) is 17.6 Å². The van der Waals surface area contributed by atoms with Gasteiger partial charge in [-0.25, -0.2) is 0 Å². The first-order valence-corrected chi connectivity index (χ1v) is 5.30. The second-order valence-electron chi connectivity index (χ2n) is 3.55. The van der Waals surface area contributed by atoms with Crippen LogP contribution in [-0.4, -0.2) is 6.29 Å². The van der Waals surface area contributed by atoms with E-state index in [0.717, 1.165) is 19.1 Å². The van der Waals surface area contributed by atoms with Crippen LogP contribution in [0.25, 0.3) is 0 Å². The molecular weight excluding hydrogens is 228 g/mol. The first kappa shape index (κ1) is 8.95. The lowest BCUT2D eigenvalue weighted by molar-refractivity contribution is -0.108.